The summed E-state index contributed by atoms with van der Waals surface area (Å²) in [4.78, 5) is 11.3. The second-order valence-electron chi connectivity index (χ2n) is 2.64. The van der Waals surface area contributed by atoms with Gasteiger partial charge in [-0.25, -0.2) is 4.79 Å². The summed E-state index contributed by atoms with van der Waals surface area (Å²) in [6, 6.07) is 0. The number of ether oxygens (including phenoxy) is 1. The van der Waals surface area contributed by atoms with Crippen molar-refractivity contribution in [3.8, 4) is 0 Å². The third-order valence-electron chi connectivity index (χ3n) is 1.61. The number of aliphatic hydroxyl groups is 1. The van der Waals surface area contributed by atoms with E-state index in [1.807, 2.05) is 0 Å². The quantitative estimate of drug-likeness (QED) is 0.646. The number of anilines is 1. The molecule has 0 radical (unpaired) electrons. The highest BCUT2D eigenvalue weighted by molar-refractivity contribution is 5.93. The number of hydrogen-bond donors (Lipinski definition) is 2. The van der Waals surface area contributed by atoms with E-state index in [4.69, 9.17) is 15.6 Å². The second-order valence-corrected chi connectivity index (χ2v) is 2.64. The molecule has 78 valence electrons. The molecule has 1 aromatic rings. The maximum Gasteiger partial charge on any atom is 0.343 e. The van der Waals surface area contributed by atoms with E-state index in [9.17, 15) is 4.79 Å². The van der Waals surface area contributed by atoms with Gasteiger partial charge in [0.15, 0.2) is 5.82 Å². The predicted molar refractivity (Wildman–Crippen MR) is 49.7 cm³/mol. The number of nitrogens with zero attached hydrogens (tertiary/aromatic N) is 2. The smallest absolute Gasteiger partial charge is 0.343 e. The molecule has 0 fully saturated rings. The van der Waals surface area contributed by atoms with Crippen LogP contribution in [0, 0.1) is 0 Å². The van der Waals surface area contributed by atoms with Crippen LogP contribution in [-0.2, 0) is 11.3 Å². The van der Waals surface area contributed by atoms with Gasteiger partial charge >= 0.3 is 5.97 Å². The largest absolute Gasteiger partial charge is 0.462 e. The van der Waals surface area contributed by atoms with Gasteiger partial charge in [-0.15, -0.1) is 0 Å². The molecule has 1 aromatic heterocycles. The third kappa shape index (κ3) is 2.23. The van der Waals surface area contributed by atoms with Crippen LogP contribution in [0.5, 0.6) is 0 Å². The lowest BCUT2D eigenvalue weighted by atomic mass is 10.3. The number of hydrogen-bond acceptors (Lipinski definition) is 5. The lowest BCUT2D eigenvalue weighted by Crippen LogP contribution is -2.06. The number of carbonyl (C=O) groups is 1. The first-order valence-electron chi connectivity index (χ1n) is 4.30. The monoisotopic (exact) mass is 199 g/mol. The van der Waals surface area contributed by atoms with E-state index >= 15 is 0 Å². The van der Waals surface area contributed by atoms with Gasteiger partial charge in [0, 0.05) is 6.20 Å². The number of rotatable bonds is 4. The van der Waals surface area contributed by atoms with Crippen molar-refractivity contribution in [2.75, 3.05) is 18.9 Å². The first kappa shape index (κ1) is 10.5. The van der Waals surface area contributed by atoms with Crippen molar-refractivity contribution in [2.24, 2.45) is 0 Å². The first-order chi connectivity index (χ1) is 6.69. The molecule has 0 aliphatic rings. The van der Waals surface area contributed by atoms with Crippen molar-refractivity contribution in [1.82, 2.24) is 9.78 Å². The number of aliphatic hydroxyl groups excluding tert-OH is 1. The van der Waals surface area contributed by atoms with Crippen LogP contribution in [0.25, 0.3) is 0 Å². The average Bonchev–Trinajstić information content (AvgIpc) is 2.48. The van der Waals surface area contributed by atoms with E-state index in [-0.39, 0.29) is 18.0 Å². The molecule has 1 heterocycles. The van der Waals surface area contributed by atoms with Gasteiger partial charge < -0.3 is 15.6 Å². The van der Waals surface area contributed by atoms with Crippen LogP contribution in [0.3, 0.4) is 0 Å². The molecule has 0 spiro atoms. The van der Waals surface area contributed by atoms with Crippen molar-refractivity contribution in [3.05, 3.63) is 11.8 Å². The summed E-state index contributed by atoms with van der Waals surface area (Å²) < 4.78 is 6.17. The van der Waals surface area contributed by atoms with E-state index in [0.29, 0.717) is 13.2 Å². The highest BCUT2D eigenvalue weighted by atomic mass is 16.5. The molecule has 0 unspecified atom stereocenters. The van der Waals surface area contributed by atoms with Crippen molar-refractivity contribution >= 4 is 11.8 Å². The second kappa shape index (κ2) is 4.61. The van der Waals surface area contributed by atoms with Crippen molar-refractivity contribution < 1.29 is 14.6 Å². The highest BCUT2D eigenvalue weighted by Gasteiger charge is 2.14. The molecule has 0 saturated heterocycles. The Hall–Kier alpha value is -1.56. The molecule has 0 amide bonds. The molecule has 3 N–H and O–H groups in total. The minimum Gasteiger partial charge on any atom is -0.462 e. The zero-order valence-corrected chi connectivity index (χ0v) is 7.93. The predicted octanol–water partition coefficient (Wildman–Crippen LogP) is -0.366. The zero-order valence-electron chi connectivity index (χ0n) is 7.93. The Bertz CT molecular complexity index is 322. The Labute approximate surface area is 81.3 Å². The summed E-state index contributed by atoms with van der Waals surface area (Å²) in [6.45, 7) is 2.27. The SMILES string of the molecule is CCOC(=O)c1cn(CCO)nc1N. The van der Waals surface area contributed by atoms with E-state index in [2.05, 4.69) is 5.10 Å². The van der Waals surface area contributed by atoms with E-state index in [0.717, 1.165) is 0 Å². The number of aromatic nitrogens is 2. The molecule has 14 heavy (non-hydrogen) atoms. The summed E-state index contributed by atoms with van der Waals surface area (Å²) in [5.41, 5.74) is 5.72. The van der Waals surface area contributed by atoms with Gasteiger partial charge in [-0.05, 0) is 6.92 Å². The average molecular weight is 199 g/mol. The number of nitrogen functional groups attached to an aromatic ring is 1. The van der Waals surface area contributed by atoms with Gasteiger partial charge in [0.25, 0.3) is 0 Å². The van der Waals surface area contributed by atoms with Gasteiger partial charge in [0.2, 0.25) is 0 Å². The van der Waals surface area contributed by atoms with Crippen LogP contribution in [0.1, 0.15) is 17.3 Å². The summed E-state index contributed by atoms with van der Waals surface area (Å²) in [7, 11) is 0. The maximum atomic E-state index is 11.3. The Morgan fingerprint density at radius 3 is 3.07 bits per heavy atom. The number of esters is 1. The van der Waals surface area contributed by atoms with Crippen molar-refractivity contribution in [3.63, 3.8) is 0 Å². The normalized spacial score (nSPS) is 10.1. The molecular weight excluding hydrogens is 186 g/mol. The van der Waals surface area contributed by atoms with E-state index in [1.165, 1.54) is 10.9 Å². The molecule has 1 rings (SSSR count). The summed E-state index contributed by atoms with van der Waals surface area (Å²) in [6.07, 6.45) is 1.46. The lowest BCUT2D eigenvalue weighted by Gasteiger charge is -1.97. The topological polar surface area (TPSA) is 90.4 Å². The standard InChI is InChI=1S/C8H13N3O3/c1-2-14-8(13)6-5-11(3-4-12)10-7(6)9/h5,12H,2-4H2,1H3,(H2,9,10). The Balaban J connectivity index is 2.81. The minimum absolute atomic E-state index is 0.0522. The van der Waals surface area contributed by atoms with E-state index < -0.39 is 5.97 Å². The fraction of sp³-hybridized carbons (Fsp3) is 0.500. The van der Waals surface area contributed by atoms with Gasteiger partial charge in [0.1, 0.15) is 5.56 Å². The lowest BCUT2D eigenvalue weighted by molar-refractivity contribution is 0.0527. The molecule has 6 heteroatoms. The Morgan fingerprint density at radius 1 is 1.79 bits per heavy atom. The fourth-order valence-corrected chi connectivity index (χ4v) is 1.02. The van der Waals surface area contributed by atoms with Crippen LogP contribution in [-0.4, -0.2) is 34.1 Å². The minimum atomic E-state index is -0.491. The fourth-order valence-electron chi connectivity index (χ4n) is 1.02. The molecule has 0 atom stereocenters. The molecular formula is C8H13N3O3. The first-order valence-corrected chi connectivity index (χ1v) is 4.30. The van der Waals surface area contributed by atoms with Crippen molar-refractivity contribution in [1.29, 1.82) is 0 Å². The number of nitrogens with two attached hydrogens (primary N) is 1. The summed E-state index contributed by atoms with van der Waals surface area (Å²) in [5.74, 6) is -0.369. The van der Waals surface area contributed by atoms with Gasteiger partial charge in [0.05, 0.1) is 19.8 Å². The summed E-state index contributed by atoms with van der Waals surface area (Å²) >= 11 is 0. The Morgan fingerprint density at radius 2 is 2.50 bits per heavy atom. The Kier molecular flexibility index (Phi) is 3.47. The van der Waals surface area contributed by atoms with Gasteiger partial charge in [-0.3, -0.25) is 4.68 Å². The highest BCUT2D eigenvalue weighted by Crippen LogP contribution is 2.10. The molecule has 0 bridgehead atoms. The van der Waals surface area contributed by atoms with Crippen LogP contribution in [0.4, 0.5) is 5.82 Å². The molecule has 0 saturated carbocycles. The molecule has 6 nitrogen and oxygen atoms in total. The van der Waals surface area contributed by atoms with Crippen molar-refractivity contribution in [2.45, 2.75) is 13.5 Å². The zero-order chi connectivity index (χ0) is 10.6. The van der Waals surface area contributed by atoms with Crippen LogP contribution >= 0.6 is 0 Å². The van der Waals surface area contributed by atoms with E-state index in [1.54, 1.807) is 6.92 Å². The van der Waals surface area contributed by atoms with Gasteiger partial charge in [-0.1, -0.05) is 0 Å². The van der Waals surface area contributed by atoms with Gasteiger partial charge in [-0.2, -0.15) is 5.10 Å². The number of carbonyl (C=O) groups excluding carboxylic acids is 1. The summed E-state index contributed by atoms with van der Waals surface area (Å²) in [5, 5.41) is 12.5. The third-order valence-corrected chi connectivity index (χ3v) is 1.61. The van der Waals surface area contributed by atoms with Crippen LogP contribution in [0.15, 0.2) is 6.20 Å². The maximum absolute atomic E-state index is 11.3. The van der Waals surface area contributed by atoms with Crippen LogP contribution in [0.2, 0.25) is 0 Å². The molecule has 0 aliphatic heterocycles. The molecule has 0 aliphatic carbocycles. The molecule has 0 aromatic carbocycles. The van der Waals surface area contributed by atoms with Crippen LogP contribution < -0.4 is 5.73 Å².